The predicted molar refractivity (Wildman–Crippen MR) is 55.2 cm³/mol. The molecule has 2 heterocycles. The predicted octanol–water partition coefficient (Wildman–Crippen LogP) is 0.808. The molecular formula is C9H14N4S. The van der Waals surface area contributed by atoms with E-state index in [1.54, 1.807) is 11.8 Å². The van der Waals surface area contributed by atoms with Crippen LogP contribution in [0.2, 0.25) is 0 Å². The van der Waals surface area contributed by atoms with E-state index in [0.717, 1.165) is 36.1 Å². The van der Waals surface area contributed by atoms with Crippen LogP contribution in [-0.4, -0.2) is 26.1 Å². The Morgan fingerprint density at radius 1 is 1.43 bits per heavy atom. The highest BCUT2D eigenvalue weighted by Gasteiger charge is 2.37. The van der Waals surface area contributed by atoms with Crippen LogP contribution in [0.15, 0.2) is 5.16 Å². The van der Waals surface area contributed by atoms with Gasteiger partial charge in [0.2, 0.25) is 0 Å². The van der Waals surface area contributed by atoms with Gasteiger partial charge in [-0.1, -0.05) is 11.8 Å². The van der Waals surface area contributed by atoms with E-state index in [1.165, 1.54) is 12.8 Å². The largest absolute Gasteiger partial charge is 0.325 e. The number of nitrogens with zero attached hydrogens (tertiary/aromatic N) is 3. The summed E-state index contributed by atoms with van der Waals surface area (Å²) in [6.45, 7) is 1.07. The molecule has 0 atom stereocenters. The van der Waals surface area contributed by atoms with Gasteiger partial charge >= 0.3 is 0 Å². The van der Waals surface area contributed by atoms with E-state index in [4.69, 9.17) is 5.73 Å². The molecule has 2 N–H and O–H groups in total. The molecule has 0 radical (unpaired) electrons. The minimum atomic E-state index is 0.137. The van der Waals surface area contributed by atoms with E-state index in [0.29, 0.717) is 0 Å². The second-order valence-electron chi connectivity index (χ2n) is 4.26. The van der Waals surface area contributed by atoms with Gasteiger partial charge in [-0.15, -0.1) is 10.2 Å². The molecule has 1 aromatic heterocycles. The first-order valence-corrected chi connectivity index (χ1v) is 6.09. The lowest BCUT2D eigenvalue weighted by Crippen LogP contribution is -2.22. The zero-order valence-electron chi connectivity index (χ0n) is 8.07. The van der Waals surface area contributed by atoms with Gasteiger partial charge in [-0.3, -0.25) is 0 Å². The van der Waals surface area contributed by atoms with E-state index >= 15 is 0 Å². The Kier molecular flexibility index (Phi) is 1.85. The molecule has 1 fully saturated rings. The molecule has 14 heavy (non-hydrogen) atoms. The second kappa shape index (κ2) is 2.97. The highest BCUT2D eigenvalue weighted by atomic mass is 32.2. The lowest BCUT2D eigenvalue weighted by Gasteiger charge is -2.07. The zero-order chi connectivity index (χ0) is 9.60. The molecule has 1 aliphatic heterocycles. The standard InChI is InChI=1S/C9H14N4S/c10-9(3-4-9)2-1-7-11-12-8-13(7)5-6-14-8/h1-6,10H2. The minimum absolute atomic E-state index is 0.137. The van der Waals surface area contributed by atoms with Crippen molar-refractivity contribution in [3.05, 3.63) is 5.82 Å². The lowest BCUT2D eigenvalue weighted by atomic mass is 10.1. The first-order chi connectivity index (χ1) is 6.77. The number of fused-ring (bicyclic) bond motifs is 1. The molecule has 1 saturated carbocycles. The maximum atomic E-state index is 6.05. The molecule has 4 nitrogen and oxygen atoms in total. The highest BCUT2D eigenvalue weighted by Crippen LogP contribution is 2.36. The third-order valence-electron chi connectivity index (χ3n) is 3.08. The van der Waals surface area contributed by atoms with E-state index in [-0.39, 0.29) is 5.54 Å². The fraction of sp³-hybridized carbons (Fsp3) is 0.778. The Bertz CT molecular complexity index is 356. The minimum Gasteiger partial charge on any atom is -0.325 e. The highest BCUT2D eigenvalue weighted by molar-refractivity contribution is 7.99. The SMILES string of the molecule is NC1(CCc2nnc3n2CCS3)CC1. The summed E-state index contributed by atoms with van der Waals surface area (Å²) in [7, 11) is 0. The van der Waals surface area contributed by atoms with Crippen LogP contribution in [0.1, 0.15) is 25.1 Å². The summed E-state index contributed by atoms with van der Waals surface area (Å²) in [6, 6.07) is 0. The Hall–Kier alpha value is -0.550. The summed E-state index contributed by atoms with van der Waals surface area (Å²) < 4.78 is 2.23. The van der Waals surface area contributed by atoms with Crippen molar-refractivity contribution in [2.45, 2.75) is 42.9 Å². The molecule has 0 unspecified atom stereocenters. The molecule has 0 spiro atoms. The summed E-state index contributed by atoms with van der Waals surface area (Å²) in [6.07, 6.45) is 4.42. The van der Waals surface area contributed by atoms with Gasteiger partial charge in [-0.2, -0.15) is 0 Å². The molecule has 0 aromatic carbocycles. The molecule has 1 aliphatic carbocycles. The Labute approximate surface area is 87.3 Å². The number of rotatable bonds is 3. The Balaban J connectivity index is 1.71. The molecule has 0 bridgehead atoms. The third-order valence-corrected chi connectivity index (χ3v) is 4.03. The van der Waals surface area contributed by atoms with Crippen LogP contribution >= 0.6 is 11.8 Å². The summed E-state index contributed by atoms with van der Waals surface area (Å²) in [5.74, 6) is 2.27. The van der Waals surface area contributed by atoms with Gasteiger partial charge in [0.1, 0.15) is 5.82 Å². The molecule has 2 aliphatic rings. The quantitative estimate of drug-likeness (QED) is 0.802. The van der Waals surface area contributed by atoms with Crippen LogP contribution in [0.25, 0.3) is 0 Å². The van der Waals surface area contributed by atoms with Gasteiger partial charge in [0.25, 0.3) is 0 Å². The van der Waals surface area contributed by atoms with Gasteiger partial charge in [-0.05, 0) is 19.3 Å². The molecular weight excluding hydrogens is 196 g/mol. The Morgan fingerprint density at radius 2 is 2.29 bits per heavy atom. The van der Waals surface area contributed by atoms with Crippen LogP contribution in [0.3, 0.4) is 0 Å². The fourth-order valence-electron chi connectivity index (χ4n) is 1.83. The number of nitrogens with two attached hydrogens (primary N) is 1. The second-order valence-corrected chi connectivity index (χ2v) is 5.32. The van der Waals surface area contributed by atoms with Gasteiger partial charge in [0.15, 0.2) is 5.16 Å². The smallest absolute Gasteiger partial charge is 0.191 e. The molecule has 5 heteroatoms. The summed E-state index contributed by atoms with van der Waals surface area (Å²) in [5.41, 5.74) is 6.18. The van der Waals surface area contributed by atoms with Gasteiger partial charge in [0.05, 0.1) is 0 Å². The molecule has 1 aromatic rings. The summed E-state index contributed by atoms with van der Waals surface area (Å²) >= 11 is 1.80. The monoisotopic (exact) mass is 210 g/mol. The molecule has 0 amide bonds. The molecule has 0 saturated heterocycles. The topological polar surface area (TPSA) is 56.7 Å². The van der Waals surface area contributed by atoms with Crippen LogP contribution in [0.5, 0.6) is 0 Å². The number of aromatic nitrogens is 3. The van der Waals surface area contributed by atoms with E-state index in [1.807, 2.05) is 0 Å². The number of hydrogen-bond donors (Lipinski definition) is 1. The fourth-order valence-corrected chi connectivity index (χ4v) is 2.74. The van der Waals surface area contributed by atoms with Crippen molar-refractivity contribution in [1.82, 2.24) is 14.8 Å². The van der Waals surface area contributed by atoms with Crippen LogP contribution in [0.4, 0.5) is 0 Å². The van der Waals surface area contributed by atoms with E-state index in [9.17, 15) is 0 Å². The van der Waals surface area contributed by atoms with E-state index < -0.39 is 0 Å². The van der Waals surface area contributed by atoms with Crippen molar-refractivity contribution in [3.8, 4) is 0 Å². The van der Waals surface area contributed by atoms with Crippen molar-refractivity contribution < 1.29 is 0 Å². The zero-order valence-corrected chi connectivity index (χ0v) is 8.89. The van der Waals surface area contributed by atoms with Gasteiger partial charge < -0.3 is 10.3 Å². The lowest BCUT2D eigenvalue weighted by molar-refractivity contribution is 0.571. The average molecular weight is 210 g/mol. The van der Waals surface area contributed by atoms with Crippen molar-refractivity contribution >= 4 is 11.8 Å². The first kappa shape index (κ1) is 8.73. The van der Waals surface area contributed by atoms with Crippen molar-refractivity contribution in [1.29, 1.82) is 0 Å². The van der Waals surface area contributed by atoms with Crippen molar-refractivity contribution in [2.75, 3.05) is 5.75 Å². The van der Waals surface area contributed by atoms with Crippen molar-refractivity contribution in [2.24, 2.45) is 5.73 Å². The number of thioether (sulfide) groups is 1. The maximum absolute atomic E-state index is 6.05. The summed E-state index contributed by atoms with van der Waals surface area (Å²) in [5, 5.41) is 9.44. The molecule has 76 valence electrons. The van der Waals surface area contributed by atoms with Gasteiger partial charge in [-0.25, -0.2) is 0 Å². The average Bonchev–Trinajstić information content (AvgIpc) is 2.65. The van der Waals surface area contributed by atoms with Crippen LogP contribution in [0, 0.1) is 0 Å². The number of aryl methyl sites for hydroxylation is 1. The van der Waals surface area contributed by atoms with Gasteiger partial charge in [0, 0.05) is 24.3 Å². The van der Waals surface area contributed by atoms with E-state index in [2.05, 4.69) is 14.8 Å². The van der Waals surface area contributed by atoms with Crippen molar-refractivity contribution in [3.63, 3.8) is 0 Å². The third kappa shape index (κ3) is 1.44. The molecule has 3 rings (SSSR count). The summed E-state index contributed by atoms with van der Waals surface area (Å²) in [4.78, 5) is 0. The van der Waals surface area contributed by atoms with Crippen LogP contribution in [-0.2, 0) is 13.0 Å². The number of hydrogen-bond acceptors (Lipinski definition) is 4. The Morgan fingerprint density at radius 3 is 3.07 bits per heavy atom. The normalized spacial score (nSPS) is 22.4. The maximum Gasteiger partial charge on any atom is 0.191 e. The van der Waals surface area contributed by atoms with Crippen LogP contribution < -0.4 is 5.73 Å². The first-order valence-electron chi connectivity index (χ1n) is 5.11.